The minimum absolute atomic E-state index is 0.252. The van der Waals surface area contributed by atoms with Crippen molar-refractivity contribution < 1.29 is 28.0 Å². The van der Waals surface area contributed by atoms with Gasteiger partial charge in [-0.3, -0.25) is 14.9 Å². The molecule has 0 amide bonds. The molecule has 0 saturated heterocycles. The van der Waals surface area contributed by atoms with Gasteiger partial charge in [0.25, 0.3) is 5.69 Å². The number of alkyl halides is 3. The van der Waals surface area contributed by atoms with E-state index in [9.17, 15) is 28.1 Å². The van der Waals surface area contributed by atoms with Crippen LogP contribution >= 0.6 is 0 Å². The van der Waals surface area contributed by atoms with Crippen LogP contribution in [0.2, 0.25) is 0 Å². The molecule has 120 valence electrons. The molecule has 0 bridgehead atoms. The molecule has 22 heavy (non-hydrogen) atoms. The molecule has 1 aromatic carbocycles. The number of aliphatic carboxylic acids is 1. The van der Waals surface area contributed by atoms with Gasteiger partial charge < -0.3 is 5.11 Å². The lowest BCUT2D eigenvalue weighted by atomic mass is 9.78. The van der Waals surface area contributed by atoms with Crippen LogP contribution in [0.15, 0.2) is 18.2 Å². The molecule has 2 rings (SSSR count). The molecule has 1 aliphatic carbocycles. The topological polar surface area (TPSA) is 80.4 Å². The van der Waals surface area contributed by atoms with E-state index in [-0.39, 0.29) is 11.5 Å². The van der Waals surface area contributed by atoms with E-state index in [0.717, 1.165) is 12.1 Å². The summed E-state index contributed by atoms with van der Waals surface area (Å²) in [5.41, 5.74) is -1.35. The van der Waals surface area contributed by atoms with E-state index in [4.69, 9.17) is 5.11 Å². The van der Waals surface area contributed by atoms with Crippen LogP contribution in [-0.4, -0.2) is 16.0 Å². The van der Waals surface area contributed by atoms with Crippen LogP contribution in [-0.2, 0) is 11.0 Å². The molecule has 0 atom stereocenters. The normalized spacial score (nSPS) is 22.3. The molecule has 1 fully saturated rings. The van der Waals surface area contributed by atoms with Crippen molar-refractivity contribution in [3.63, 3.8) is 0 Å². The molecule has 0 aromatic heterocycles. The second kappa shape index (κ2) is 5.94. The molecule has 0 spiro atoms. The van der Waals surface area contributed by atoms with E-state index in [1.807, 2.05) is 0 Å². The fraction of sp³-hybridized carbons (Fsp3) is 0.500. The second-order valence-electron chi connectivity index (χ2n) is 5.42. The third-order valence-corrected chi connectivity index (χ3v) is 4.07. The summed E-state index contributed by atoms with van der Waals surface area (Å²) in [7, 11) is 0. The van der Waals surface area contributed by atoms with E-state index in [2.05, 4.69) is 0 Å². The lowest BCUT2D eigenvalue weighted by Gasteiger charge is -2.26. The number of carboxylic acid groups (broad SMARTS) is 1. The van der Waals surface area contributed by atoms with Crippen molar-refractivity contribution in [3.8, 4) is 0 Å². The van der Waals surface area contributed by atoms with Crippen LogP contribution in [0.3, 0.4) is 0 Å². The molecule has 0 heterocycles. The minimum atomic E-state index is -4.63. The number of nitro benzene ring substituents is 1. The van der Waals surface area contributed by atoms with Crippen molar-refractivity contribution in [3.05, 3.63) is 39.4 Å². The monoisotopic (exact) mass is 317 g/mol. The van der Waals surface area contributed by atoms with E-state index in [1.165, 1.54) is 0 Å². The molecule has 1 saturated carbocycles. The molecule has 1 aliphatic rings. The maximum atomic E-state index is 12.7. The molecule has 8 heteroatoms. The fourth-order valence-corrected chi connectivity index (χ4v) is 2.87. The summed E-state index contributed by atoms with van der Waals surface area (Å²) in [6.07, 6.45) is -3.05. The third-order valence-electron chi connectivity index (χ3n) is 4.07. The first-order valence-corrected chi connectivity index (χ1v) is 6.78. The minimum Gasteiger partial charge on any atom is -0.481 e. The van der Waals surface area contributed by atoms with Gasteiger partial charge in [0.1, 0.15) is 0 Å². The van der Waals surface area contributed by atoms with Crippen molar-refractivity contribution in [2.75, 3.05) is 0 Å². The van der Waals surface area contributed by atoms with Crippen LogP contribution in [0, 0.1) is 16.0 Å². The largest absolute Gasteiger partial charge is 0.481 e. The lowest BCUT2D eigenvalue weighted by Crippen LogP contribution is -2.21. The van der Waals surface area contributed by atoms with E-state index < -0.39 is 34.2 Å². The van der Waals surface area contributed by atoms with Gasteiger partial charge in [-0.05, 0) is 37.7 Å². The molecule has 0 unspecified atom stereocenters. The Kier molecular flexibility index (Phi) is 4.39. The molecular weight excluding hydrogens is 303 g/mol. The van der Waals surface area contributed by atoms with Gasteiger partial charge in [-0.2, -0.15) is 13.2 Å². The van der Waals surface area contributed by atoms with Crippen LogP contribution in [0.1, 0.15) is 42.7 Å². The van der Waals surface area contributed by atoms with Crippen LogP contribution in [0.5, 0.6) is 0 Å². The molecule has 1 N–H and O–H groups in total. The Morgan fingerprint density at radius 3 is 2.27 bits per heavy atom. The van der Waals surface area contributed by atoms with Gasteiger partial charge in [-0.25, -0.2) is 0 Å². The number of rotatable bonds is 3. The highest BCUT2D eigenvalue weighted by Gasteiger charge is 2.35. The van der Waals surface area contributed by atoms with E-state index >= 15 is 0 Å². The fourth-order valence-electron chi connectivity index (χ4n) is 2.87. The van der Waals surface area contributed by atoms with E-state index in [0.29, 0.717) is 31.7 Å². The standard InChI is InChI=1S/C14H14F3NO4/c15-14(16,17)10-5-6-11(12(7-10)18(21)22)8-1-3-9(4-2-8)13(19)20/h5-9H,1-4H2,(H,19,20). The van der Waals surface area contributed by atoms with Gasteiger partial charge >= 0.3 is 12.1 Å². The average molecular weight is 317 g/mol. The molecule has 0 aliphatic heterocycles. The number of nitro groups is 1. The summed E-state index contributed by atoms with van der Waals surface area (Å²) < 4.78 is 38.0. The van der Waals surface area contributed by atoms with Crippen molar-refractivity contribution in [2.45, 2.75) is 37.8 Å². The Hall–Kier alpha value is -2.12. The number of nitrogens with zero attached hydrogens (tertiary/aromatic N) is 1. The highest BCUT2D eigenvalue weighted by Crippen LogP contribution is 2.41. The summed E-state index contributed by atoms with van der Waals surface area (Å²) in [6.45, 7) is 0. The van der Waals surface area contributed by atoms with Crippen LogP contribution in [0.25, 0.3) is 0 Å². The summed E-state index contributed by atoms with van der Waals surface area (Å²) in [4.78, 5) is 21.1. The zero-order chi connectivity index (χ0) is 16.5. The highest BCUT2D eigenvalue weighted by molar-refractivity contribution is 5.70. The number of hydrogen-bond donors (Lipinski definition) is 1. The van der Waals surface area contributed by atoms with Gasteiger partial charge in [0, 0.05) is 11.6 Å². The Bertz CT molecular complexity index is 592. The number of carboxylic acids is 1. The van der Waals surface area contributed by atoms with Crippen molar-refractivity contribution in [1.82, 2.24) is 0 Å². The number of carbonyl (C=O) groups is 1. The van der Waals surface area contributed by atoms with Crippen molar-refractivity contribution in [1.29, 1.82) is 0 Å². The summed E-state index contributed by atoms with van der Waals surface area (Å²) in [6, 6.07) is 2.54. The molecule has 0 radical (unpaired) electrons. The maximum Gasteiger partial charge on any atom is 0.416 e. The Labute approximate surface area is 123 Å². The summed E-state index contributed by atoms with van der Waals surface area (Å²) in [5.74, 6) is -1.66. The van der Waals surface area contributed by atoms with Crippen molar-refractivity contribution in [2.24, 2.45) is 5.92 Å². The Balaban J connectivity index is 2.28. The molecular formula is C14H14F3NO4. The predicted octanol–water partition coefficient (Wildman–Crippen LogP) is 3.97. The zero-order valence-corrected chi connectivity index (χ0v) is 11.5. The van der Waals surface area contributed by atoms with Gasteiger partial charge in [0.05, 0.1) is 16.4 Å². The zero-order valence-electron chi connectivity index (χ0n) is 11.5. The Morgan fingerprint density at radius 2 is 1.82 bits per heavy atom. The van der Waals surface area contributed by atoms with Gasteiger partial charge in [-0.15, -0.1) is 0 Å². The Morgan fingerprint density at radius 1 is 1.23 bits per heavy atom. The van der Waals surface area contributed by atoms with Gasteiger partial charge in [0.15, 0.2) is 0 Å². The van der Waals surface area contributed by atoms with Crippen LogP contribution < -0.4 is 0 Å². The first-order valence-electron chi connectivity index (χ1n) is 6.78. The summed E-state index contributed by atoms with van der Waals surface area (Å²) in [5, 5.41) is 20.0. The van der Waals surface area contributed by atoms with E-state index in [1.54, 1.807) is 0 Å². The SMILES string of the molecule is O=C(O)C1CCC(c2ccc(C(F)(F)F)cc2[N+](=O)[O-])CC1. The second-order valence-corrected chi connectivity index (χ2v) is 5.42. The lowest BCUT2D eigenvalue weighted by molar-refractivity contribution is -0.386. The van der Waals surface area contributed by atoms with Gasteiger partial charge in [0.2, 0.25) is 0 Å². The van der Waals surface area contributed by atoms with Crippen molar-refractivity contribution >= 4 is 11.7 Å². The first kappa shape index (κ1) is 16.3. The average Bonchev–Trinajstić information content (AvgIpc) is 2.45. The van der Waals surface area contributed by atoms with Crippen LogP contribution in [0.4, 0.5) is 18.9 Å². The predicted molar refractivity (Wildman–Crippen MR) is 70.4 cm³/mol. The first-order chi connectivity index (χ1) is 10.2. The molecule has 1 aromatic rings. The number of hydrogen-bond acceptors (Lipinski definition) is 3. The summed E-state index contributed by atoms with van der Waals surface area (Å²) >= 11 is 0. The number of benzene rings is 1. The maximum absolute atomic E-state index is 12.7. The quantitative estimate of drug-likeness (QED) is 0.675. The number of halogens is 3. The highest BCUT2D eigenvalue weighted by atomic mass is 19.4. The molecule has 5 nitrogen and oxygen atoms in total. The smallest absolute Gasteiger partial charge is 0.416 e. The third kappa shape index (κ3) is 3.37. The van der Waals surface area contributed by atoms with Gasteiger partial charge in [-0.1, -0.05) is 6.07 Å².